The second-order valence-electron chi connectivity index (χ2n) is 5.11. The highest BCUT2D eigenvalue weighted by atomic mass is 16.1. The first kappa shape index (κ1) is 14.3. The molecule has 6 heteroatoms. The van der Waals surface area contributed by atoms with E-state index >= 15 is 0 Å². The molecule has 2 heterocycles. The Morgan fingerprint density at radius 1 is 1.30 bits per heavy atom. The van der Waals surface area contributed by atoms with Crippen LogP contribution in [-0.2, 0) is 24.9 Å². The molecule has 0 fully saturated rings. The first-order chi connectivity index (χ1) is 9.58. The lowest BCUT2D eigenvalue weighted by Crippen LogP contribution is -2.25. The average molecular weight is 275 g/mol. The monoisotopic (exact) mass is 275 g/mol. The van der Waals surface area contributed by atoms with E-state index in [1.807, 2.05) is 28.6 Å². The van der Waals surface area contributed by atoms with Gasteiger partial charge in [0.05, 0.1) is 6.54 Å². The fourth-order valence-corrected chi connectivity index (χ4v) is 2.07. The summed E-state index contributed by atoms with van der Waals surface area (Å²) in [6, 6.07) is 0. The lowest BCUT2D eigenvalue weighted by Gasteiger charge is -2.10. The van der Waals surface area contributed by atoms with Crippen LogP contribution in [0.1, 0.15) is 37.8 Å². The third kappa shape index (κ3) is 3.46. The molecule has 0 saturated carbocycles. The van der Waals surface area contributed by atoms with Gasteiger partial charge < -0.3 is 14.5 Å². The van der Waals surface area contributed by atoms with Gasteiger partial charge in [0.2, 0.25) is 5.91 Å². The van der Waals surface area contributed by atoms with Gasteiger partial charge in [-0.05, 0) is 0 Å². The van der Waals surface area contributed by atoms with Crippen LogP contribution in [0.25, 0.3) is 0 Å². The molecule has 0 atom stereocenters. The zero-order valence-electron chi connectivity index (χ0n) is 12.2. The Bertz CT molecular complexity index is 570. The van der Waals surface area contributed by atoms with Gasteiger partial charge in [0.25, 0.3) is 0 Å². The van der Waals surface area contributed by atoms with Crippen molar-refractivity contribution in [3.8, 4) is 0 Å². The van der Waals surface area contributed by atoms with E-state index in [1.165, 1.54) is 0 Å². The number of nitrogens with one attached hydrogen (secondary N) is 1. The topological polar surface area (TPSA) is 64.7 Å². The molecule has 2 rings (SSSR count). The fourth-order valence-electron chi connectivity index (χ4n) is 2.07. The molecule has 0 bridgehead atoms. The molecule has 0 unspecified atom stereocenters. The van der Waals surface area contributed by atoms with Crippen LogP contribution in [0.15, 0.2) is 24.8 Å². The molecule has 6 nitrogen and oxygen atoms in total. The quantitative estimate of drug-likeness (QED) is 0.867. The largest absolute Gasteiger partial charge is 0.349 e. The summed E-state index contributed by atoms with van der Waals surface area (Å²) in [7, 11) is 1.91. The van der Waals surface area contributed by atoms with Crippen LogP contribution in [0, 0.1) is 0 Å². The maximum Gasteiger partial charge on any atom is 0.222 e. The molecule has 0 aliphatic carbocycles. The normalized spacial score (nSPS) is 11.0. The van der Waals surface area contributed by atoms with Gasteiger partial charge in [0, 0.05) is 50.7 Å². The van der Waals surface area contributed by atoms with Crippen LogP contribution >= 0.6 is 0 Å². The van der Waals surface area contributed by atoms with Gasteiger partial charge in [-0.2, -0.15) is 0 Å². The number of nitrogens with zero attached hydrogens (tertiary/aromatic N) is 4. The number of rotatable bonds is 6. The van der Waals surface area contributed by atoms with E-state index in [0.717, 1.165) is 11.6 Å². The summed E-state index contributed by atoms with van der Waals surface area (Å²) in [5.41, 5.74) is 0. The summed E-state index contributed by atoms with van der Waals surface area (Å²) >= 11 is 0. The van der Waals surface area contributed by atoms with Crippen molar-refractivity contribution < 1.29 is 4.79 Å². The van der Waals surface area contributed by atoms with E-state index in [1.54, 1.807) is 12.4 Å². The molecular weight excluding hydrogens is 254 g/mol. The number of imidazole rings is 2. The molecule has 0 aliphatic heterocycles. The Kier molecular flexibility index (Phi) is 4.55. The van der Waals surface area contributed by atoms with Gasteiger partial charge >= 0.3 is 0 Å². The maximum atomic E-state index is 11.8. The Hall–Kier alpha value is -2.11. The Morgan fingerprint density at radius 2 is 2.05 bits per heavy atom. The highest BCUT2D eigenvalue weighted by Gasteiger charge is 2.09. The lowest BCUT2D eigenvalue weighted by atomic mass is 10.2. The summed E-state index contributed by atoms with van der Waals surface area (Å²) < 4.78 is 3.93. The zero-order chi connectivity index (χ0) is 14.5. The summed E-state index contributed by atoms with van der Waals surface area (Å²) in [4.78, 5) is 20.3. The van der Waals surface area contributed by atoms with E-state index in [2.05, 4.69) is 29.1 Å². The molecule has 20 heavy (non-hydrogen) atoms. The number of hydrogen-bond acceptors (Lipinski definition) is 3. The molecule has 108 valence electrons. The Labute approximate surface area is 118 Å². The lowest BCUT2D eigenvalue weighted by molar-refractivity contribution is -0.121. The van der Waals surface area contributed by atoms with Gasteiger partial charge in [0.1, 0.15) is 11.6 Å². The number of carbonyl (C=O) groups excluding carboxylic acids is 1. The van der Waals surface area contributed by atoms with Gasteiger partial charge in [-0.1, -0.05) is 13.8 Å². The number of hydrogen-bond donors (Lipinski definition) is 1. The molecule has 0 spiro atoms. The molecule has 1 amide bonds. The molecular formula is C14H21N5O. The molecule has 1 N–H and O–H groups in total. The Morgan fingerprint density at radius 3 is 2.70 bits per heavy atom. The number of aryl methyl sites for hydroxylation is 2. The van der Waals surface area contributed by atoms with E-state index in [9.17, 15) is 4.79 Å². The van der Waals surface area contributed by atoms with Gasteiger partial charge in [-0.3, -0.25) is 4.79 Å². The third-order valence-corrected chi connectivity index (χ3v) is 3.21. The molecule has 2 aromatic heterocycles. The average Bonchev–Trinajstić information content (AvgIpc) is 3.02. The molecule has 0 radical (unpaired) electrons. The molecule has 0 saturated heterocycles. The van der Waals surface area contributed by atoms with Gasteiger partial charge in [-0.25, -0.2) is 9.97 Å². The van der Waals surface area contributed by atoms with Crippen molar-refractivity contribution in [2.45, 2.75) is 39.3 Å². The van der Waals surface area contributed by atoms with Crippen molar-refractivity contribution in [2.24, 2.45) is 7.05 Å². The summed E-state index contributed by atoms with van der Waals surface area (Å²) in [5, 5.41) is 2.88. The van der Waals surface area contributed by atoms with Crippen LogP contribution < -0.4 is 5.32 Å². The van der Waals surface area contributed by atoms with E-state index < -0.39 is 0 Å². The third-order valence-electron chi connectivity index (χ3n) is 3.21. The second-order valence-corrected chi connectivity index (χ2v) is 5.11. The van der Waals surface area contributed by atoms with Crippen LogP contribution in [-0.4, -0.2) is 25.0 Å². The number of aromatic nitrogens is 4. The minimum atomic E-state index is 0.0245. The van der Waals surface area contributed by atoms with E-state index in [0.29, 0.717) is 25.4 Å². The van der Waals surface area contributed by atoms with Crippen LogP contribution in [0.3, 0.4) is 0 Å². The summed E-state index contributed by atoms with van der Waals surface area (Å²) in [6.45, 7) is 5.31. The van der Waals surface area contributed by atoms with Crippen LogP contribution in [0.5, 0.6) is 0 Å². The molecule has 0 aromatic carbocycles. The first-order valence-corrected chi connectivity index (χ1v) is 6.82. The van der Waals surface area contributed by atoms with Crippen molar-refractivity contribution in [2.75, 3.05) is 0 Å². The first-order valence-electron chi connectivity index (χ1n) is 6.82. The predicted molar refractivity (Wildman–Crippen MR) is 76.0 cm³/mol. The standard InChI is InChI=1S/C14H21N5O/c1-11(2)14-16-6-9-19(14)7-4-13(20)17-10-12-15-5-8-18(12)3/h5-6,8-9,11H,4,7,10H2,1-3H3,(H,17,20). The SMILES string of the molecule is CC(C)c1nccn1CCC(=O)NCc1nccn1C. The maximum absolute atomic E-state index is 11.8. The van der Waals surface area contributed by atoms with Crippen molar-refractivity contribution in [1.29, 1.82) is 0 Å². The zero-order valence-corrected chi connectivity index (χ0v) is 12.2. The number of carbonyl (C=O) groups is 1. The smallest absolute Gasteiger partial charge is 0.222 e. The minimum absolute atomic E-state index is 0.0245. The van der Waals surface area contributed by atoms with E-state index in [4.69, 9.17) is 0 Å². The summed E-state index contributed by atoms with van der Waals surface area (Å²) in [6.07, 6.45) is 7.73. The molecule has 0 aliphatic rings. The predicted octanol–water partition coefficient (Wildman–Crippen LogP) is 1.45. The Balaban J connectivity index is 1.80. The van der Waals surface area contributed by atoms with E-state index in [-0.39, 0.29) is 5.91 Å². The van der Waals surface area contributed by atoms with Crippen LogP contribution in [0.2, 0.25) is 0 Å². The highest BCUT2D eigenvalue weighted by Crippen LogP contribution is 2.11. The second kappa shape index (κ2) is 6.36. The molecule has 2 aromatic rings. The fraction of sp³-hybridized carbons (Fsp3) is 0.500. The van der Waals surface area contributed by atoms with Crippen molar-refractivity contribution in [3.05, 3.63) is 36.4 Å². The van der Waals surface area contributed by atoms with Gasteiger partial charge in [-0.15, -0.1) is 0 Å². The van der Waals surface area contributed by atoms with Gasteiger partial charge in [0.15, 0.2) is 0 Å². The summed E-state index contributed by atoms with van der Waals surface area (Å²) in [5.74, 6) is 2.25. The van der Waals surface area contributed by atoms with Crippen LogP contribution in [0.4, 0.5) is 0 Å². The number of amides is 1. The van der Waals surface area contributed by atoms with Crippen molar-refractivity contribution in [3.63, 3.8) is 0 Å². The highest BCUT2D eigenvalue weighted by molar-refractivity contribution is 5.75. The van der Waals surface area contributed by atoms with Crippen molar-refractivity contribution >= 4 is 5.91 Å². The van der Waals surface area contributed by atoms with Crippen molar-refractivity contribution in [1.82, 2.24) is 24.4 Å². The minimum Gasteiger partial charge on any atom is -0.349 e.